The Morgan fingerprint density at radius 3 is 2.59 bits per heavy atom. The zero-order valence-electron chi connectivity index (χ0n) is 19.8. The molecule has 2 aromatic carbocycles. The van der Waals surface area contributed by atoms with Gasteiger partial charge < -0.3 is 14.3 Å². The highest BCUT2D eigenvalue weighted by Crippen LogP contribution is 2.32. The van der Waals surface area contributed by atoms with E-state index in [2.05, 4.69) is 53.2 Å². The summed E-state index contributed by atoms with van der Waals surface area (Å²) in [6.07, 6.45) is 7.70. The van der Waals surface area contributed by atoms with E-state index in [9.17, 15) is 9.59 Å². The maximum Gasteiger partial charge on any atom is 0.354 e. The maximum atomic E-state index is 12.2. The Morgan fingerprint density at radius 2 is 1.88 bits per heavy atom. The number of oxime groups is 1. The summed E-state index contributed by atoms with van der Waals surface area (Å²) in [5.74, 6) is -1.16. The molecule has 3 rings (SSSR count). The minimum Gasteiger partial charge on any atom is -0.469 e. The van der Waals surface area contributed by atoms with Crippen LogP contribution in [0.2, 0.25) is 5.02 Å². The van der Waals surface area contributed by atoms with Crippen molar-refractivity contribution in [2.45, 2.75) is 51.0 Å². The van der Waals surface area contributed by atoms with Crippen LogP contribution in [0.4, 0.5) is 0 Å². The highest BCUT2D eigenvalue weighted by molar-refractivity contribution is 6.31. The van der Waals surface area contributed by atoms with Crippen molar-refractivity contribution in [2.24, 2.45) is 5.16 Å². The number of methoxy groups -OCH3 is 2. The van der Waals surface area contributed by atoms with Crippen LogP contribution in [0.25, 0.3) is 17.2 Å². The summed E-state index contributed by atoms with van der Waals surface area (Å²) in [6.45, 7) is 2.07. The Morgan fingerprint density at radius 1 is 1.12 bits per heavy atom. The lowest BCUT2D eigenvalue weighted by Crippen LogP contribution is -2.42. The molecule has 1 aliphatic heterocycles. The highest BCUT2D eigenvalue weighted by atomic mass is 35.5. The molecule has 0 aromatic heterocycles. The van der Waals surface area contributed by atoms with Crippen LogP contribution < -0.4 is 0 Å². The van der Waals surface area contributed by atoms with Crippen molar-refractivity contribution in [1.82, 2.24) is 0 Å². The molecule has 1 unspecified atom stereocenters. The summed E-state index contributed by atoms with van der Waals surface area (Å²) < 4.78 is 9.51. The molecule has 0 spiro atoms. The second kappa shape index (κ2) is 11.8. The third-order valence-electron chi connectivity index (χ3n) is 5.82. The first-order chi connectivity index (χ1) is 16.4. The second-order valence-corrected chi connectivity index (χ2v) is 8.85. The molecule has 2 aromatic rings. The number of aryl methyl sites for hydroxylation is 1. The molecule has 0 saturated heterocycles. The first-order valence-corrected chi connectivity index (χ1v) is 11.7. The number of benzene rings is 2. The van der Waals surface area contributed by atoms with Crippen LogP contribution in [0.5, 0.6) is 0 Å². The van der Waals surface area contributed by atoms with Crippen LogP contribution in [0, 0.1) is 6.92 Å². The maximum absolute atomic E-state index is 12.2. The van der Waals surface area contributed by atoms with Crippen molar-refractivity contribution in [2.75, 3.05) is 14.2 Å². The van der Waals surface area contributed by atoms with Gasteiger partial charge in [-0.1, -0.05) is 64.8 Å². The predicted molar refractivity (Wildman–Crippen MR) is 134 cm³/mol. The van der Waals surface area contributed by atoms with Gasteiger partial charge in [0.05, 0.1) is 26.4 Å². The van der Waals surface area contributed by atoms with Crippen LogP contribution in [-0.4, -0.2) is 37.5 Å². The SMILES string of the molecule is COC(=O)CC1(C(=O)OC)CC(CCCC/C=C/c2ccc(Cl)cc2-c2ccc(C)cc2)=NO1. The van der Waals surface area contributed by atoms with Crippen LogP contribution in [0.15, 0.2) is 53.7 Å². The van der Waals surface area contributed by atoms with Gasteiger partial charge in [-0.05, 0) is 61.4 Å². The number of nitrogens with zero attached hydrogens (tertiary/aromatic N) is 1. The van der Waals surface area contributed by atoms with E-state index in [1.54, 1.807) is 0 Å². The zero-order chi connectivity index (χ0) is 24.6. The number of unbranched alkanes of at least 4 members (excludes halogenated alkanes) is 2. The molecular formula is C27H30ClNO5. The minimum atomic E-state index is -1.42. The lowest BCUT2D eigenvalue weighted by molar-refractivity contribution is -0.173. The fourth-order valence-corrected chi connectivity index (χ4v) is 4.08. The number of allylic oxidation sites excluding steroid dienone is 1. The quantitative estimate of drug-likeness (QED) is 0.299. The van der Waals surface area contributed by atoms with Gasteiger partial charge in [0.2, 0.25) is 5.60 Å². The van der Waals surface area contributed by atoms with Crippen molar-refractivity contribution < 1.29 is 23.9 Å². The fraction of sp³-hybridized carbons (Fsp3) is 0.370. The van der Waals surface area contributed by atoms with Gasteiger partial charge in [-0.3, -0.25) is 4.79 Å². The van der Waals surface area contributed by atoms with Gasteiger partial charge in [0.25, 0.3) is 0 Å². The molecule has 0 N–H and O–H groups in total. The first kappa shape index (κ1) is 25.5. The lowest BCUT2D eigenvalue weighted by Gasteiger charge is -2.22. The molecule has 7 heteroatoms. The summed E-state index contributed by atoms with van der Waals surface area (Å²) in [4.78, 5) is 29.3. The normalized spacial score (nSPS) is 17.4. The van der Waals surface area contributed by atoms with E-state index in [1.807, 2.05) is 18.2 Å². The molecule has 0 bridgehead atoms. The topological polar surface area (TPSA) is 74.2 Å². The monoisotopic (exact) mass is 483 g/mol. The van der Waals surface area contributed by atoms with Gasteiger partial charge >= 0.3 is 11.9 Å². The van der Waals surface area contributed by atoms with Gasteiger partial charge in [-0.25, -0.2) is 4.79 Å². The highest BCUT2D eigenvalue weighted by Gasteiger charge is 2.49. The number of carbonyl (C=O) groups excluding carboxylic acids is 2. The second-order valence-electron chi connectivity index (χ2n) is 8.41. The number of hydrogen-bond donors (Lipinski definition) is 0. The van der Waals surface area contributed by atoms with E-state index in [4.69, 9.17) is 21.2 Å². The van der Waals surface area contributed by atoms with Crippen molar-refractivity contribution in [3.63, 3.8) is 0 Å². The molecule has 1 heterocycles. The molecule has 0 saturated carbocycles. The summed E-state index contributed by atoms with van der Waals surface area (Å²) in [5, 5.41) is 4.76. The van der Waals surface area contributed by atoms with Crippen molar-refractivity contribution >= 4 is 35.3 Å². The summed E-state index contributed by atoms with van der Waals surface area (Å²) in [6, 6.07) is 14.3. The number of ether oxygens (including phenoxy) is 2. The average Bonchev–Trinajstić information content (AvgIpc) is 3.25. The Labute approximate surface area is 205 Å². The molecular weight excluding hydrogens is 454 g/mol. The third-order valence-corrected chi connectivity index (χ3v) is 6.05. The van der Waals surface area contributed by atoms with E-state index in [-0.39, 0.29) is 12.8 Å². The third kappa shape index (κ3) is 6.48. The van der Waals surface area contributed by atoms with Crippen molar-refractivity contribution in [1.29, 1.82) is 0 Å². The van der Waals surface area contributed by atoms with Crippen LogP contribution in [0.1, 0.15) is 49.7 Å². The summed E-state index contributed by atoms with van der Waals surface area (Å²) in [7, 11) is 2.53. The average molecular weight is 484 g/mol. The number of carbonyl (C=O) groups is 2. The molecule has 1 atom stereocenters. The van der Waals surface area contributed by atoms with Gasteiger partial charge in [0.1, 0.15) is 0 Å². The Hall–Kier alpha value is -3.12. The van der Waals surface area contributed by atoms with Gasteiger partial charge in [0.15, 0.2) is 0 Å². The molecule has 0 fully saturated rings. The van der Waals surface area contributed by atoms with Gasteiger partial charge in [-0.15, -0.1) is 0 Å². The summed E-state index contributed by atoms with van der Waals surface area (Å²) in [5.41, 5.74) is 3.90. The Bertz CT molecular complexity index is 1080. The number of hydrogen-bond acceptors (Lipinski definition) is 6. The number of esters is 2. The predicted octanol–water partition coefficient (Wildman–Crippen LogP) is 6.14. The number of halogens is 1. The smallest absolute Gasteiger partial charge is 0.354 e. The molecule has 0 amide bonds. The number of rotatable bonds is 10. The van der Waals surface area contributed by atoms with E-state index >= 15 is 0 Å². The Balaban J connectivity index is 1.52. The first-order valence-electron chi connectivity index (χ1n) is 11.3. The molecule has 1 aliphatic rings. The fourth-order valence-electron chi connectivity index (χ4n) is 3.91. The molecule has 180 valence electrons. The molecule has 0 aliphatic carbocycles. The van der Waals surface area contributed by atoms with Crippen LogP contribution in [0.3, 0.4) is 0 Å². The van der Waals surface area contributed by atoms with Crippen LogP contribution in [-0.2, 0) is 23.9 Å². The van der Waals surface area contributed by atoms with E-state index in [0.717, 1.165) is 41.7 Å². The Kier molecular flexibility index (Phi) is 8.88. The molecule has 6 nitrogen and oxygen atoms in total. The molecule has 0 radical (unpaired) electrons. The van der Waals surface area contributed by atoms with Crippen LogP contribution >= 0.6 is 11.6 Å². The van der Waals surface area contributed by atoms with E-state index in [0.29, 0.717) is 11.4 Å². The van der Waals surface area contributed by atoms with Crippen molar-refractivity contribution in [3.05, 3.63) is 64.7 Å². The zero-order valence-corrected chi connectivity index (χ0v) is 20.6. The van der Waals surface area contributed by atoms with Crippen molar-refractivity contribution in [3.8, 4) is 11.1 Å². The lowest BCUT2D eigenvalue weighted by atomic mass is 9.92. The minimum absolute atomic E-state index is 0.226. The van der Waals surface area contributed by atoms with E-state index in [1.165, 1.54) is 19.8 Å². The van der Waals surface area contributed by atoms with Gasteiger partial charge in [-0.2, -0.15) is 0 Å². The molecule has 34 heavy (non-hydrogen) atoms. The van der Waals surface area contributed by atoms with E-state index < -0.39 is 17.5 Å². The standard InChI is InChI=1S/C27H30ClNO5/c1-19-10-12-21(13-11-19)24-16-22(28)15-14-20(24)8-6-4-5-7-9-23-17-27(34-29-23,26(31)33-3)18-25(30)32-2/h6,8,10-16H,4-5,7,9,17-18H2,1-3H3/b8-6+. The largest absolute Gasteiger partial charge is 0.469 e. The van der Waals surface area contributed by atoms with Gasteiger partial charge in [0, 0.05) is 11.4 Å². The summed E-state index contributed by atoms with van der Waals surface area (Å²) >= 11 is 6.25.